The Morgan fingerprint density at radius 3 is 2.27 bits per heavy atom. The highest BCUT2D eigenvalue weighted by Gasteiger charge is 2.50. The minimum absolute atomic E-state index is 0.0560. The molecule has 2 aliphatic heterocycles. The summed E-state index contributed by atoms with van der Waals surface area (Å²) in [6, 6.07) is 18.6. The van der Waals surface area contributed by atoms with E-state index >= 15 is 0 Å². The lowest BCUT2D eigenvalue weighted by molar-refractivity contribution is -0.188. The van der Waals surface area contributed by atoms with E-state index in [4.69, 9.17) is 0 Å². The Hall–Kier alpha value is -3.39. The van der Waals surface area contributed by atoms with Gasteiger partial charge in [-0.1, -0.05) is 74.0 Å². The van der Waals surface area contributed by atoms with Gasteiger partial charge in [0.05, 0.1) is 13.1 Å². The summed E-state index contributed by atoms with van der Waals surface area (Å²) in [7, 11) is 1.74. The van der Waals surface area contributed by atoms with Crippen LogP contribution in [0.4, 0.5) is 4.79 Å². The van der Waals surface area contributed by atoms with E-state index in [-0.39, 0.29) is 30.9 Å². The lowest BCUT2D eigenvalue weighted by atomic mass is 10.0. The third-order valence-corrected chi connectivity index (χ3v) is 6.21. The largest absolute Gasteiger partial charge is 0.334 e. The van der Waals surface area contributed by atoms with Crippen LogP contribution >= 0.6 is 0 Å². The fourth-order valence-corrected chi connectivity index (χ4v) is 4.66. The van der Waals surface area contributed by atoms with Crippen LogP contribution in [-0.2, 0) is 22.7 Å². The zero-order valence-corrected chi connectivity index (χ0v) is 19.2. The number of benzene rings is 2. The normalized spacial score (nSPS) is 21.2. The number of likely N-dealkylation sites (N-methyl/N-ethyl adjacent to an activating group) is 1. The number of carbonyl (C=O) groups is 3. The molecule has 1 unspecified atom stereocenters. The van der Waals surface area contributed by atoms with Gasteiger partial charge < -0.3 is 15.1 Å². The molecule has 4 rings (SSSR count). The summed E-state index contributed by atoms with van der Waals surface area (Å²) in [5, 5.41) is 6.22. The molecule has 33 heavy (non-hydrogen) atoms. The highest BCUT2D eigenvalue weighted by atomic mass is 16.2. The van der Waals surface area contributed by atoms with Crippen LogP contribution < -0.4 is 5.32 Å². The molecule has 174 valence electrons. The molecular formula is C25H31N5O3. The highest BCUT2D eigenvalue weighted by molar-refractivity contribution is 5.91. The molecule has 0 radical (unpaired) electrons. The first-order valence-corrected chi connectivity index (χ1v) is 11.5. The first kappa shape index (κ1) is 22.8. The molecular weight excluding hydrogens is 418 g/mol. The molecule has 2 aromatic rings. The standard InChI is InChI=1S/C25H31N5O3/c1-3-10-21-24(32)28(16-20-13-8-5-9-14-20)17-22-29(21)23(31)18-27(2)30(22)25(33)26-15-19-11-6-4-7-12-19/h4-9,11-14,21-22H,3,10,15-18H2,1-2H3,(H,26,33)/t21-,22?/m0/s1. The van der Waals surface area contributed by atoms with Gasteiger partial charge in [-0.05, 0) is 17.5 Å². The van der Waals surface area contributed by atoms with Crippen molar-refractivity contribution in [2.45, 2.75) is 45.1 Å². The fourth-order valence-electron chi connectivity index (χ4n) is 4.66. The van der Waals surface area contributed by atoms with Gasteiger partial charge in [0, 0.05) is 20.1 Å². The maximum absolute atomic E-state index is 13.4. The van der Waals surface area contributed by atoms with E-state index in [0.717, 1.165) is 17.5 Å². The molecule has 2 aliphatic rings. The van der Waals surface area contributed by atoms with Crippen LogP contribution in [0.15, 0.2) is 60.7 Å². The van der Waals surface area contributed by atoms with Crippen molar-refractivity contribution in [1.29, 1.82) is 0 Å². The molecule has 0 aliphatic carbocycles. The van der Waals surface area contributed by atoms with Gasteiger partial charge in [-0.3, -0.25) is 9.59 Å². The quantitative estimate of drug-likeness (QED) is 0.735. The monoisotopic (exact) mass is 449 g/mol. The molecule has 4 amide bonds. The number of hydrazine groups is 1. The molecule has 8 nitrogen and oxygen atoms in total. The first-order chi connectivity index (χ1) is 16.0. The summed E-state index contributed by atoms with van der Waals surface area (Å²) in [5.74, 6) is -0.180. The Kier molecular flexibility index (Phi) is 6.93. The Morgan fingerprint density at radius 1 is 1.00 bits per heavy atom. The van der Waals surface area contributed by atoms with Gasteiger partial charge >= 0.3 is 6.03 Å². The number of hydrogen-bond acceptors (Lipinski definition) is 4. The van der Waals surface area contributed by atoms with Crippen molar-refractivity contribution in [3.8, 4) is 0 Å². The highest BCUT2D eigenvalue weighted by Crippen LogP contribution is 2.28. The summed E-state index contributed by atoms with van der Waals surface area (Å²) in [6.45, 7) is 3.16. The van der Waals surface area contributed by atoms with E-state index in [1.165, 1.54) is 0 Å². The van der Waals surface area contributed by atoms with Crippen LogP contribution in [0.3, 0.4) is 0 Å². The van der Waals surface area contributed by atoms with Crippen LogP contribution in [0.25, 0.3) is 0 Å². The number of rotatable bonds is 6. The van der Waals surface area contributed by atoms with Gasteiger partial charge in [-0.25, -0.2) is 14.8 Å². The summed E-state index contributed by atoms with van der Waals surface area (Å²) >= 11 is 0. The fraction of sp³-hybridized carbons (Fsp3) is 0.400. The lowest BCUT2D eigenvalue weighted by Gasteiger charge is -2.54. The summed E-state index contributed by atoms with van der Waals surface area (Å²) in [4.78, 5) is 43.1. The number of nitrogens with zero attached hydrogens (tertiary/aromatic N) is 4. The van der Waals surface area contributed by atoms with E-state index in [0.29, 0.717) is 19.5 Å². The minimum atomic E-state index is -0.567. The van der Waals surface area contributed by atoms with Crippen LogP contribution in [0.1, 0.15) is 30.9 Å². The molecule has 0 saturated carbocycles. The topological polar surface area (TPSA) is 76.2 Å². The average Bonchev–Trinajstić information content (AvgIpc) is 2.81. The molecule has 1 N–H and O–H groups in total. The van der Waals surface area contributed by atoms with Crippen LogP contribution in [-0.4, -0.2) is 70.0 Å². The van der Waals surface area contributed by atoms with Gasteiger partial charge in [-0.15, -0.1) is 0 Å². The van der Waals surface area contributed by atoms with Crippen molar-refractivity contribution in [2.75, 3.05) is 20.1 Å². The second kappa shape index (κ2) is 10.0. The SMILES string of the molecule is CCC[C@H]1C(=O)N(Cc2ccccc2)CC2N1C(=O)CN(C)N2C(=O)NCc1ccccc1. The first-order valence-electron chi connectivity index (χ1n) is 11.5. The lowest BCUT2D eigenvalue weighted by Crippen LogP contribution is -2.75. The third-order valence-electron chi connectivity index (χ3n) is 6.21. The summed E-state index contributed by atoms with van der Waals surface area (Å²) in [5.41, 5.74) is 2.01. The van der Waals surface area contributed by atoms with Crippen molar-refractivity contribution in [3.05, 3.63) is 71.8 Å². The van der Waals surface area contributed by atoms with E-state index in [2.05, 4.69) is 5.32 Å². The molecule has 2 atom stereocenters. The number of amides is 4. The third kappa shape index (κ3) is 4.85. The molecule has 2 saturated heterocycles. The zero-order valence-electron chi connectivity index (χ0n) is 19.2. The number of piperazine rings is 1. The van der Waals surface area contributed by atoms with Crippen molar-refractivity contribution in [1.82, 2.24) is 25.1 Å². The van der Waals surface area contributed by atoms with Crippen LogP contribution in [0.2, 0.25) is 0 Å². The number of hydrogen-bond donors (Lipinski definition) is 1. The number of carbonyl (C=O) groups excluding carboxylic acids is 3. The summed E-state index contributed by atoms with van der Waals surface area (Å²) in [6.07, 6.45) is 0.780. The molecule has 8 heteroatoms. The van der Waals surface area contributed by atoms with Crippen molar-refractivity contribution < 1.29 is 14.4 Å². The minimum Gasteiger partial charge on any atom is -0.333 e. The number of nitrogens with one attached hydrogen (secondary N) is 1. The Morgan fingerprint density at radius 2 is 1.64 bits per heavy atom. The smallest absolute Gasteiger partial charge is 0.333 e. The Balaban J connectivity index is 1.59. The zero-order chi connectivity index (χ0) is 23.4. The summed E-state index contributed by atoms with van der Waals surface area (Å²) < 4.78 is 0. The molecule has 2 fully saturated rings. The van der Waals surface area contributed by atoms with Crippen molar-refractivity contribution in [3.63, 3.8) is 0 Å². The molecule has 2 heterocycles. The van der Waals surface area contributed by atoms with E-state index in [9.17, 15) is 14.4 Å². The number of fused-ring (bicyclic) bond motifs is 1. The predicted octanol–water partition coefficient (Wildman–Crippen LogP) is 2.42. The van der Waals surface area contributed by atoms with Crippen molar-refractivity contribution >= 4 is 17.8 Å². The van der Waals surface area contributed by atoms with Crippen LogP contribution in [0.5, 0.6) is 0 Å². The van der Waals surface area contributed by atoms with E-state index in [1.54, 1.807) is 26.9 Å². The van der Waals surface area contributed by atoms with E-state index in [1.807, 2.05) is 67.6 Å². The second-order valence-corrected chi connectivity index (χ2v) is 8.60. The van der Waals surface area contributed by atoms with E-state index < -0.39 is 12.2 Å². The molecule has 0 aromatic heterocycles. The Labute approximate surface area is 194 Å². The number of urea groups is 1. The Bertz CT molecular complexity index is 984. The van der Waals surface area contributed by atoms with Gasteiger partial charge in [0.2, 0.25) is 11.8 Å². The van der Waals surface area contributed by atoms with Gasteiger partial charge in [-0.2, -0.15) is 0 Å². The van der Waals surface area contributed by atoms with Gasteiger partial charge in [0.15, 0.2) is 0 Å². The predicted molar refractivity (Wildman–Crippen MR) is 124 cm³/mol. The molecule has 0 spiro atoms. The van der Waals surface area contributed by atoms with Gasteiger partial charge in [0.25, 0.3) is 0 Å². The average molecular weight is 450 g/mol. The molecule has 0 bridgehead atoms. The van der Waals surface area contributed by atoms with Crippen LogP contribution in [0, 0.1) is 0 Å². The van der Waals surface area contributed by atoms with Crippen molar-refractivity contribution in [2.24, 2.45) is 0 Å². The maximum Gasteiger partial charge on any atom is 0.334 e. The van der Waals surface area contributed by atoms with Gasteiger partial charge in [0.1, 0.15) is 12.2 Å². The second-order valence-electron chi connectivity index (χ2n) is 8.60. The maximum atomic E-state index is 13.4. The molecule has 2 aromatic carbocycles.